The summed E-state index contributed by atoms with van der Waals surface area (Å²) < 4.78 is 20.7. The maximum absolute atomic E-state index is 13.4. The topological polar surface area (TPSA) is 53.1 Å². The first-order valence-corrected chi connectivity index (χ1v) is 6.68. The van der Waals surface area contributed by atoms with E-state index in [2.05, 4.69) is 4.98 Å². The maximum atomic E-state index is 13.4. The Bertz CT molecular complexity index is 769. The number of nitrogens with zero attached hydrogens (tertiary/aromatic N) is 2. The molecular weight excluding hydrogens is 269 g/mol. The third-order valence-electron chi connectivity index (χ3n) is 3.51. The Hall–Kier alpha value is -2.40. The molecule has 21 heavy (non-hydrogen) atoms. The minimum Gasteiger partial charge on any atom is -0.496 e. The van der Waals surface area contributed by atoms with Gasteiger partial charge >= 0.3 is 0 Å². The minimum absolute atomic E-state index is 0.322. The molecule has 4 nitrogen and oxygen atoms in total. The summed E-state index contributed by atoms with van der Waals surface area (Å²) in [5.41, 5.74) is 8.79. The van der Waals surface area contributed by atoms with Gasteiger partial charge in [0.1, 0.15) is 11.6 Å². The van der Waals surface area contributed by atoms with Crippen LogP contribution >= 0.6 is 0 Å². The molecule has 0 aliphatic rings. The number of aromatic nitrogens is 2. The molecule has 0 saturated heterocycles. The first-order chi connectivity index (χ1) is 10.2. The summed E-state index contributed by atoms with van der Waals surface area (Å²) in [5.74, 6) is 0.269. The predicted octanol–water partition coefficient (Wildman–Crippen LogP) is 2.88. The first kappa shape index (κ1) is 13.6. The van der Waals surface area contributed by atoms with E-state index in [0.29, 0.717) is 17.9 Å². The molecule has 1 unspecified atom stereocenters. The zero-order chi connectivity index (χ0) is 14.8. The summed E-state index contributed by atoms with van der Waals surface area (Å²) in [6, 6.07) is 11.8. The third-order valence-corrected chi connectivity index (χ3v) is 3.51. The minimum atomic E-state index is -0.381. The lowest BCUT2D eigenvalue weighted by Gasteiger charge is -2.16. The molecule has 5 heteroatoms. The van der Waals surface area contributed by atoms with Crippen molar-refractivity contribution in [2.45, 2.75) is 12.6 Å². The maximum Gasteiger partial charge on any atom is 0.123 e. The van der Waals surface area contributed by atoms with E-state index in [1.54, 1.807) is 19.5 Å². The largest absolute Gasteiger partial charge is 0.496 e. The molecule has 1 aromatic heterocycles. The molecule has 1 atom stereocenters. The molecule has 0 amide bonds. The molecule has 0 bridgehead atoms. The van der Waals surface area contributed by atoms with Gasteiger partial charge in [-0.3, -0.25) is 0 Å². The lowest BCUT2D eigenvalue weighted by Crippen LogP contribution is -2.18. The van der Waals surface area contributed by atoms with Crippen molar-refractivity contribution < 1.29 is 9.13 Å². The van der Waals surface area contributed by atoms with E-state index in [1.165, 1.54) is 12.1 Å². The molecule has 0 aliphatic carbocycles. The van der Waals surface area contributed by atoms with Gasteiger partial charge in [-0.1, -0.05) is 12.1 Å². The number of benzene rings is 2. The Morgan fingerprint density at radius 1 is 1.29 bits per heavy atom. The summed E-state index contributed by atoms with van der Waals surface area (Å²) in [6.07, 6.45) is 1.75. The Morgan fingerprint density at radius 3 is 2.90 bits per heavy atom. The SMILES string of the molecule is COc1ccc(F)cc1C(N)Cn1cnc2ccccc21. The van der Waals surface area contributed by atoms with Crippen LogP contribution in [-0.4, -0.2) is 16.7 Å². The molecular formula is C16H16FN3O. The van der Waals surface area contributed by atoms with Crippen LogP contribution in [-0.2, 0) is 6.54 Å². The number of fused-ring (bicyclic) bond motifs is 1. The van der Waals surface area contributed by atoms with E-state index < -0.39 is 0 Å². The predicted molar refractivity (Wildman–Crippen MR) is 79.6 cm³/mol. The number of methoxy groups -OCH3 is 1. The number of nitrogens with two attached hydrogens (primary N) is 1. The number of ether oxygens (including phenoxy) is 1. The van der Waals surface area contributed by atoms with E-state index in [4.69, 9.17) is 10.5 Å². The Labute approximate surface area is 122 Å². The van der Waals surface area contributed by atoms with Gasteiger partial charge in [-0.15, -0.1) is 0 Å². The van der Waals surface area contributed by atoms with Gasteiger partial charge in [-0.05, 0) is 30.3 Å². The number of halogens is 1. The van der Waals surface area contributed by atoms with Crippen molar-refractivity contribution in [3.8, 4) is 5.75 Å². The average Bonchev–Trinajstić information content (AvgIpc) is 2.90. The Kier molecular flexibility index (Phi) is 3.58. The molecule has 2 N–H and O–H groups in total. The fraction of sp³-hybridized carbons (Fsp3) is 0.188. The fourth-order valence-electron chi connectivity index (χ4n) is 2.46. The van der Waals surface area contributed by atoms with Crippen LogP contribution in [0.4, 0.5) is 4.39 Å². The molecule has 0 fully saturated rings. The summed E-state index contributed by atoms with van der Waals surface area (Å²) in [6.45, 7) is 0.500. The summed E-state index contributed by atoms with van der Waals surface area (Å²) in [4.78, 5) is 4.33. The van der Waals surface area contributed by atoms with E-state index in [0.717, 1.165) is 11.0 Å². The van der Waals surface area contributed by atoms with Crippen LogP contribution in [0.1, 0.15) is 11.6 Å². The highest BCUT2D eigenvalue weighted by Gasteiger charge is 2.15. The molecule has 2 aromatic carbocycles. The second-order valence-corrected chi connectivity index (χ2v) is 4.88. The van der Waals surface area contributed by atoms with Crippen LogP contribution in [0.15, 0.2) is 48.8 Å². The highest BCUT2D eigenvalue weighted by atomic mass is 19.1. The second-order valence-electron chi connectivity index (χ2n) is 4.88. The summed E-state index contributed by atoms with van der Waals surface area (Å²) >= 11 is 0. The van der Waals surface area contributed by atoms with Crippen molar-refractivity contribution in [1.82, 2.24) is 9.55 Å². The highest BCUT2D eigenvalue weighted by molar-refractivity contribution is 5.74. The average molecular weight is 285 g/mol. The van der Waals surface area contributed by atoms with Gasteiger partial charge in [0, 0.05) is 12.1 Å². The molecule has 3 aromatic rings. The zero-order valence-corrected chi connectivity index (χ0v) is 11.7. The zero-order valence-electron chi connectivity index (χ0n) is 11.7. The Balaban J connectivity index is 1.93. The van der Waals surface area contributed by atoms with Gasteiger partial charge in [0.05, 0.1) is 30.5 Å². The highest BCUT2D eigenvalue weighted by Crippen LogP contribution is 2.26. The van der Waals surface area contributed by atoms with Crippen LogP contribution < -0.4 is 10.5 Å². The standard InChI is InChI=1S/C16H16FN3O/c1-21-16-7-6-11(17)8-12(16)13(18)9-20-10-19-14-4-2-3-5-15(14)20/h2-8,10,13H,9,18H2,1H3. The third kappa shape index (κ3) is 2.60. The Morgan fingerprint density at radius 2 is 2.10 bits per heavy atom. The van der Waals surface area contributed by atoms with Crippen molar-refractivity contribution in [2.24, 2.45) is 5.73 Å². The number of hydrogen-bond donors (Lipinski definition) is 1. The van der Waals surface area contributed by atoms with Crippen molar-refractivity contribution in [1.29, 1.82) is 0 Å². The van der Waals surface area contributed by atoms with E-state index in [-0.39, 0.29) is 11.9 Å². The van der Waals surface area contributed by atoms with Gasteiger partial charge in [0.25, 0.3) is 0 Å². The van der Waals surface area contributed by atoms with Gasteiger partial charge in [0.15, 0.2) is 0 Å². The first-order valence-electron chi connectivity index (χ1n) is 6.68. The molecule has 108 valence electrons. The lowest BCUT2D eigenvalue weighted by molar-refractivity contribution is 0.401. The van der Waals surface area contributed by atoms with E-state index in [1.807, 2.05) is 28.8 Å². The second kappa shape index (κ2) is 5.54. The lowest BCUT2D eigenvalue weighted by atomic mass is 10.1. The summed E-state index contributed by atoms with van der Waals surface area (Å²) in [5, 5.41) is 0. The quantitative estimate of drug-likeness (QED) is 0.802. The number of rotatable bonds is 4. The van der Waals surface area contributed by atoms with Crippen molar-refractivity contribution in [3.63, 3.8) is 0 Å². The molecule has 0 spiro atoms. The molecule has 1 heterocycles. The summed E-state index contributed by atoms with van der Waals surface area (Å²) in [7, 11) is 1.55. The van der Waals surface area contributed by atoms with Crippen LogP contribution in [0.2, 0.25) is 0 Å². The van der Waals surface area contributed by atoms with Crippen LogP contribution in [0.25, 0.3) is 11.0 Å². The monoisotopic (exact) mass is 285 g/mol. The molecule has 0 aliphatic heterocycles. The van der Waals surface area contributed by atoms with Crippen molar-refractivity contribution in [3.05, 3.63) is 60.2 Å². The number of para-hydroxylation sites is 2. The van der Waals surface area contributed by atoms with Crippen LogP contribution in [0, 0.1) is 5.82 Å². The molecule has 0 radical (unpaired) electrons. The van der Waals surface area contributed by atoms with Gasteiger partial charge < -0.3 is 15.0 Å². The van der Waals surface area contributed by atoms with Crippen LogP contribution in [0.5, 0.6) is 5.75 Å². The van der Waals surface area contributed by atoms with Gasteiger partial charge in [-0.2, -0.15) is 0 Å². The fourth-order valence-corrected chi connectivity index (χ4v) is 2.46. The van der Waals surface area contributed by atoms with Crippen molar-refractivity contribution in [2.75, 3.05) is 7.11 Å². The van der Waals surface area contributed by atoms with Crippen LogP contribution in [0.3, 0.4) is 0 Å². The number of imidazole rings is 1. The van der Waals surface area contributed by atoms with E-state index in [9.17, 15) is 4.39 Å². The van der Waals surface area contributed by atoms with Crippen molar-refractivity contribution >= 4 is 11.0 Å². The normalized spacial score (nSPS) is 12.5. The smallest absolute Gasteiger partial charge is 0.123 e. The molecule has 0 saturated carbocycles. The van der Waals surface area contributed by atoms with E-state index >= 15 is 0 Å². The number of hydrogen-bond acceptors (Lipinski definition) is 3. The van der Waals surface area contributed by atoms with Gasteiger partial charge in [-0.25, -0.2) is 9.37 Å². The molecule has 3 rings (SSSR count). The van der Waals surface area contributed by atoms with Gasteiger partial charge in [0.2, 0.25) is 0 Å².